The van der Waals surface area contributed by atoms with Crippen LogP contribution in [0.5, 0.6) is 0 Å². The Balaban J connectivity index is 0.000000197. The highest BCUT2D eigenvalue weighted by Gasteiger charge is 2.68. The minimum absolute atomic E-state index is 0. The van der Waals surface area contributed by atoms with E-state index in [1.54, 1.807) is 0 Å². The van der Waals surface area contributed by atoms with E-state index in [4.69, 9.17) is 28.4 Å². The summed E-state index contributed by atoms with van der Waals surface area (Å²) in [6.07, 6.45) is 32.9. The average molecular weight is 1350 g/mol. The van der Waals surface area contributed by atoms with E-state index in [2.05, 4.69) is 27.7 Å². The molecule has 0 amide bonds. The lowest BCUT2D eigenvalue weighted by molar-refractivity contribution is -0.217. The number of rotatable bonds is 17. The number of carbonyl (C=O) groups is 6. The van der Waals surface area contributed by atoms with E-state index < -0.39 is 16.2 Å². The van der Waals surface area contributed by atoms with Crippen LogP contribution in [0.15, 0.2) is 0 Å². The SMILES string of the molecule is C.C.C.C.C.C.CCC(C)(C)C(=O)OC1CC2CC(C(=O)OC3(C)C4CC5CC(C4)CC3C5)C1C2.CCC(C)(C)C(=O)OC1CC2CC(C(=O)OC3(CC)C4CC5CC(C4)CC3C5)C1C2.CCC1(OC(=O)C2CC3CC2C2C4CC(CC4OC(=O)C(C)(C)CC)C32)CCCCC1. The predicted molar refractivity (Wildman–Crippen MR) is 384 cm³/mol. The maximum absolute atomic E-state index is 13.5. The van der Waals surface area contributed by atoms with Gasteiger partial charge in [-0.3, -0.25) is 28.8 Å². The molecule has 0 aromatic rings. The maximum Gasteiger partial charge on any atom is 0.311 e. The lowest BCUT2D eigenvalue weighted by atomic mass is 9.49. The Morgan fingerprint density at radius 1 is 0.354 bits per heavy atom. The molecule has 0 heterocycles. The summed E-state index contributed by atoms with van der Waals surface area (Å²) in [5, 5.41) is 0. The van der Waals surface area contributed by atoms with Gasteiger partial charge in [0.25, 0.3) is 0 Å². The molecule has 96 heavy (non-hydrogen) atoms. The Morgan fingerprint density at radius 3 is 1.12 bits per heavy atom. The second kappa shape index (κ2) is 30.0. The molecule has 12 heteroatoms. The number of hydrogen-bond donors (Lipinski definition) is 0. The number of fused-ring (bicyclic) bond motifs is 13. The Hall–Kier alpha value is -3.18. The van der Waals surface area contributed by atoms with Crippen molar-refractivity contribution in [2.24, 2.45) is 141 Å². The Kier molecular flexibility index (Phi) is 25.1. The van der Waals surface area contributed by atoms with Crippen LogP contribution in [0, 0.1) is 141 Å². The quantitative estimate of drug-likeness (QED) is 0.0772. The summed E-state index contributed by atoms with van der Waals surface area (Å²) in [6.45, 7) is 24.5. The fraction of sp³-hybridized carbons (Fsp3) is 0.929. The third-order valence-corrected chi connectivity index (χ3v) is 30.4. The summed E-state index contributed by atoms with van der Waals surface area (Å²) < 4.78 is 37.3. The molecule has 17 rings (SSSR count). The predicted octanol–water partition coefficient (Wildman–Crippen LogP) is 20.4. The first-order valence-electron chi connectivity index (χ1n) is 38.0. The molecule has 0 aromatic heterocycles. The van der Waals surface area contributed by atoms with Crippen molar-refractivity contribution in [3.63, 3.8) is 0 Å². The average Bonchev–Trinajstić information content (AvgIpc) is 1.34. The van der Waals surface area contributed by atoms with E-state index in [9.17, 15) is 28.8 Å². The van der Waals surface area contributed by atoms with Gasteiger partial charge in [-0.25, -0.2) is 0 Å². The molecule has 17 aliphatic carbocycles. The Labute approximate surface area is 586 Å². The summed E-state index contributed by atoms with van der Waals surface area (Å²) in [4.78, 5) is 78.2. The van der Waals surface area contributed by atoms with E-state index in [0.717, 1.165) is 126 Å². The molecule has 16 bridgehead atoms. The molecule has 0 aromatic carbocycles. The zero-order valence-corrected chi connectivity index (χ0v) is 58.0. The van der Waals surface area contributed by atoms with Crippen molar-refractivity contribution in [2.45, 2.75) is 355 Å². The van der Waals surface area contributed by atoms with Gasteiger partial charge in [-0.15, -0.1) is 0 Å². The lowest BCUT2D eigenvalue weighted by Crippen LogP contribution is -2.60. The third kappa shape index (κ3) is 14.2. The molecule has 0 N–H and O–H groups in total. The molecule has 0 saturated heterocycles. The van der Waals surface area contributed by atoms with Gasteiger partial charge in [0.1, 0.15) is 35.1 Å². The number of hydrogen-bond acceptors (Lipinski definition) is 12. The van der Waals surface area contributed by atoms with Crippen LogP contribution in [0.25, 0.3) is 0 Å². The van der Waals surface area contributed by atoms with Crippen LogP contribution in [0.3, 0.4) is 0 Å². The van der Waals surface area contributed by atoms with Gasteiger partial charge in [-0.1, -0.05) is 85.6 Å². The summed E-state index contributed by atoms with van der Waals surface area (Å²) in [5.41, 5.74) is -1.99. The van der Waals surface area contributed by atoms with Gasteiger partial charge in [0.2, 0.25) is 0 Å². The van der Waals surface area contributed by atoms with Crippen molar-refractivity contribution in [1.82, 2.24) is 0 Å². The number of carbonyl (C=O) groups excluding carboxylic acids is 6. The molecular weight excluding hydrogens is 1200 g/mol. The summed E-state index contributed by atoms with van der Waals surface area (Å²) in [7, 11) is 0. The maximum atomic E-state index is 13.5. The monoisotopic (exact) mass is 1350 g/mol. The summed E-state index contributed by atoms with van der Waals surface area (Å²) >= 11 is 0. The van der Waals surface area contributed by atoms with Gasteiger partial charge in [-0.05, 0) is 329 Å². The van der Waals surface area contributed by atoms with Crippen molar-refractivity contribution < 1.29 is 57.2 Å². The smallest absolute Gasteiger partial charge is 0.311 e. The number of ether oxygens (including phenoxy) is 6. The van der Waals surface area contributed by atoms with Crippen molar-refractivity contribution in [3.05, 3.63) is 0 Å². The molecule has 552 valence electrons. The van der Waals surface area contributed by atoms with Crippen LogP contribution < -0.4 is 0 Å². The van der Waals surface area contributed by atoms with Gasteiger partial charge in [0, 0.05) is 11.8 Å². The number of esters is 6. The molecular formula is C84H144O12. The second-order valence-corrected chi connectivity index (χ2v) is 36.2. The largest absolute Gasteiger partial charge is 0.462 e. The zero-order chi connectivity index (χ0) is 63.8. The highest BCUT2D eigenvalue weighted by Crippen LogP contribution is 2.70. The fourth-order valence-electron chi connectivity index (χ4n) is 24.3. The first-order valence-corrected chi connectivity index (χ1v) is 38.0. The van der Waals surface area contributed by atoms with Gasteiger partial charge in [0.15, 0.2) is 0 Å². The van der Waals surface area contributed by atoms with E-state index in [1.165, 1.54) is 96.3 Å². The van der Waals surface area contributed by atoms with Gasteiger partial charge in [-0.2, -0.15) is 0 Å². The van der Waals surface area contributed by atoms with Crippen LogP contribution in [-0.4, -0.2) is 70.9 Å². The normalized spacial score (nSPS) is 42.5. The van der Waals surface area contributed by atoms with E-state index in [1.807, 2.05) is 55.4 Å². The highest BCUT2D eigenvalue weighted by atomic mass is 16.6. The summed E-state index contributed by atoms with van der Waals surface area (Å²) in [6, 6.07) is 0. The Morgan fingerprint density at radius 2 is 0.719 bits per heavy atom. The lowest BCUT2D eigenvalue weighted by Gasteiger charge is -2.60. The highest BCUT2D eigenvalue weighted by molar-refractivity contribution is 5.79. The molecule has 17 fully saturated rings. The van der Waals surface area contributed by atoms with Crippen LogP contribution in [0.4, 0.5) is 0 Å². The summed E-state index contributed by atoms with van der Waals surface area (Å²) in [5.74, 6) is 10.5. The van der Waals surface area contributed by atoms with Crippen molar-refractivity contribution in [1.29, 1.82) is 0 Å². The molecule has 12 nitrogen and oxygen atoms in total. The van der Waals surface area contributed by atoms with E-state index >= 15 is 0 Å². The van der Waals surface area contributed by atoms with Crippen molar-refractivity contribution in [2.75, 3.05) is 0 Å². The Bertz CT molecular complexity index is 2640. The first kappa shape index (κ1) is 80.1. The molecule has 16 unspecified atom stereocenters. The zero-order valence-electron chi connectivity index (χ0n) is 58.0. The molecule has 0 radical (unpaired) electrons. The van der Waals surface area contributed by atoms with Crippen molar-refractivity contribution in [3.8, 4) is 0 Å². The van der Waals surface area contributed by atoms with Crippen molar-refractivity contribution >= 4 is 35.8 Å². The molecule has 17 aliphatic rings. The molecule has 0 spiro atoms. The fourth-order valence-corrected chi connectivity index (χ4v) is 24.3. The molecule has 16 atom stereocenters. The molecule has 0 aliphatic heterocycles. The van der Waals surface area contributed by atoms with Gasteiger partial charge < -0.3 is 28.4 Å². The van der Waals surface area contributed by atoms with E-state index in [-0.39, 0.29) is 145 Å². The van der Waals surface area contributed by atoms with Gasteiger partial charge in [0.05, 0.1) is 34.0 Å². The van der Waals surface area contributed by atoms with Crippen LogP contribution in [0.1, 0.15) is 320 Å². The minimum atomic E-state index is -0.454. The van der Waals surface area contributed by atoms with Gasteiger partial charge >= 0.3 is 35.8 Å². The third-order valence-electron chi connectivity index (χ3n) is 30.4. The van der Waals surface area contributed by atoms with Crippen LogP contribution in [0.2, 0.25) is 0 Å². The topological polar surface area (TPSA) is 158 Å². The van der Waals surface area contributed by atoms with E-state index in [0.29, 0.717) is 65.1 Å². The second-order valence-electron chi connectivity index (χ2n) is 36.2. The minimum Gasteiger partial charge on any atom is -0.462 e. The first-order chi connectivity index (χ1) is 42.7. The molecule has 17 saturated carbocycles. The standard InChI is InChI=1S/C27H42O4.C26H40O4.C25H38O4.6CH4/c1-5-26(3,4)25(29)30-21-15-17-14-20(21)23-18-12-16(22(17)23)13-19(18)24(28)31-27(6-2)10-8-7-9-11-27;1-5-25(3,4)24(28)29-22-14-17-12-20(22)21(13-17)23(27)30-26(6-2)18-8-15-7-16(10-18)11-19(26)9-15;1-5-24(2,3)23(27)28-21-13-16-11-19(21)20(12-16)22(26)29-25(4)17-7-14-6-15(9-17)10-18(25)8-14;;;;;;/h16-23H,5-15H2,1-4H3;15-22H,5-14H2,1-4H3;14-21H,5-13H2,1-4H3;6*1H4. The van der Waals surface area contributed by atoms with Crippen LogP contribution in [-0.2, 0) is 57.2 Å². The van der Waals surface area contributed by atoms with Crippen LogP contribution >= 0.6 is 0 Å².